The zero-order valence-corrected chi connectivity index (χ0v) is 19.3. The summed E-state index contributed by atoms with van der Waals surface area (Å²) in [7, 11) is 0. The molecule has 0 radical (unpaired) electrons. The minimum absolute atomic E-state index is 0.0609. The number of aryl methyl sites for hydroxylation is 1. The predicted molar refractivity (Wildman–Crippen MR) is 138 cm³/mol. The molecule has 174 valence electrons. The second-order valence-electron chi connectivity index (χ2n) is 8.38. The van der Waals surface area contributed by atoms with Gasteiger partial charge < -0.3 is 11.1 Å². The van der Waals surface area contributed by atoms with E-state index in [-0.39, 0.29) is 23.3 Å². The summed E-state index contributed by atoms with van der Waals surface area (Å²) in [5.41, 5.74) is 11.0. The number of hydrogen-bond acceptors (Lipinski definition) is 6. The molecule has 0 aliphatic carbocycles. The van der Waals surface area contributed by atoms with Gasteiger partial charge in [0.05, 0.1) is 17.2 Å². The molecule has 8 nitrogen and oxygen atoms in total. The van der Waals surface area contributed by atoms with Crippen LogP contribution in [0.1, 0.15) is 34.8 Å². The van der Waals surface area contributed by atoms with Crippen LogP contribution in [0.4, 0.5) is 5.82 Å². The maximum Gasteiger partial charge on any atom is 0.257 e. The summed E-state index contributed by atoms with van der Waals surface area (Å²) in [6, 6.07) is 21.3. The van der Waals surface area contributed by atoms with Crippen LogP contribution in [0.3, 0.4) is 0 Å². The molecular weight excluding hydrogens is 438 g/mol. The number of benzene rings is 2. The highest BCUT2D eigenvalue weighted by Gasteiger charge is 2.25. The van der Waals surface area contributed by atoms with Gasteiger partial charge in [0.2, 0.25) is 0 Å². The number of para-hydroxylation sites is 2. The Morgan fingerprint density at radius 2 is 1.71 bits per heavy atom. The summed E-state index contributed by atoms with van der Waals surface area (Å²) in [4.78, 5) is 26.9. The second kappa shape index (κ2) is 9.72. The van der Waals surface area contributed by atoms with E-state index in [9.17, 15) is 4.79 Å². The average molecular weight is 464 g/mol. The molecule has 3 aromatic heterocycles. The maximum atomic E-state index is 13.4. The highest BCUT2D eigenvalue weighted by Crippen LogP contribution is 2.28. The average Bonchev–Trinajstić information content (AvgIpc) is 3.16. The number of nitrogens with one attached hydrogen (secondary N) is 1. The maximum absolute atomic E-state index is 13.4. The fraction of sp³-hybridized carbons (Fsp3) is 0.148. The Bertz CT molecular complexity index is 1510. The highest BCUT2D eigenvalue weighted by molar-refractivity contribution is 6.10. The summed E-state index contributed by atoms with van der Waals surface area (Å²) in [5, 5.41) is 7.60. The quantitative estimate of drug-likeness (QED) is 0.352. The van der Waals surface area contributed by atoms with E-state index in [0.29, 0.717) is 22.2 Å². The van der Waals surface area contributed by atoms with E-state index in [0.717, 1.165) is 18.4 Å². The largest absolute Gasteiger partial charge is 0.383 e. The third-order valence-electron chi connectivity index (χ3n) is 5.82. The van der Waals surface area contributed by atoms with E-state index < -0.39 is 0 Å². The van der Waals surface area contributed by atoms with Gasteiger partial charge in [-0.05, 0) is 55.2 Å². The van der Waals surface area contributed by atoms with Gasteiger partial charge in [0.15, 0.2) is 5.65 Å². The normalized spacial score (nSPS) is 12.4. The van der Waals surface area contributed by atoms with Gasteiger partial charge in [-0.25, -0.2) is 9.97 Å². The number of fused-ring (bicyclic) bond motifs is 2. The van der Waals surface area contributed by atoms with E-state index in [1.807, 2.05) is 61.5 Å². The Morgan fingerprint density at radius 3 is 2.46 bits per heavy atom. The van der Waals surface area contributed by atoms with Crippen molar-refractivity contribution in [3.8, 4) is 0 Å². The smallest absolute Gasteiger partial charge is 0.257 e. The summed E-state index contributed by atoms with van der Waals surface area (Å²) in [6.07, 6.45) is 6.67. The van der Waals surface area contributed by atoms with Crippen molar-refractivity contribution in [3.63, 3.8) is 0 Å². The van der Waals surface area contributed by atoms with E-state index in [2.05, 4.69) is 27.5 Å². The minimum atomic E-state index is -0.296. The van der Waals surface area contributed by atoms with Gasteiger partial charge in [-0.1, -0.05) is 42.5 Å². The first-order valence-electron chi connectivity index (χ1n) is 11.5. The lowest BCUT2D eigenvalue weighted by Gasteiger charge is -2.14. The van der Waals surface area contributed by atoms with Crippen molar-refractivity contribution < 1.29 is 4.79 Å². The molecule has 0 bridgehead atoms. The number of anilines is 1. The molecule has 0 saturated heterocycles. The van der Waals surface area contributed by atoms with Gasteiger partial charge in [-0.3, -0.25) is 9.78 Å². The zero-order chi connectivity index (χ0) is 24.2. The predicted octanol–water partition coefficient (Wildman–Crippen LogP) is 4.20. The zero-order valence-electron chi connectivity index (χ0n) is 19.3. The molecule has 1 atom stereocenters. The van der Waals surface area contributed by atoms with Crippen molar-refractivity contribution >= 4 is 40.1 Å². The van der Waals surface area contributed by atoms with E-state index >= 15 is 0 Å². The second-order valence-corrected chi connectivity index (χ2v) is 8.38. The summed E-state index contributed by atoms with van der Waals surface area (Å²) in [5.74, 6) is -0.108. The lowest BCUT2D eigenvalue weighted by atomic mass is 10.1. The number of carbonyl (C=O) groups excluding carboxylic acids is 1. The van der Waals surface area contributed by atoms with E-state index in [1.54, 1.807) is 18.6 Å². The monoisotopic (exact) mass is 463 g/mol. The molecule has 0 aliphatic rings. The number of hydrogen-bond donors (Lipinski definition) is 2. The van der Waals surface area contributed by atoms with E-state index in [1.165, 1.54) is 10.2 Å². The molecule has 8 heteroatoms. The molecule has 5 rings (SSSR count). The Balaban J connectivity index is 1.50. The topological polar surface area (TPSA) is 111 Å². The SMILES string of the molecule is C[C@H](CCc1ccccc1)NC(=O)c1c(N)n(/N=C\c2ccncc2)c2nc3ccccc3nc12. The van der Waals surface area contributed by atoms with Crippen LogP contribution < -0.4 is 11.1 Å². The number of rotatable bonds is 7. The van der Waals surface area contributed by atoms with Crippen molar-refractivity contribution in [2.24, 2.45) is 5.10 Å². The molecule has 5 aromatic rings. The van der Waals surface area contributed by atoms with Crippen LogP contribution in [0.25, 0.3) is 22.2 Å². The van der Waals surface area contributed by atoms with Crippen LogP contribution in [-0.4, -0.2) is 37.8 Å². The fourth-order valence-electron chi connectivity index (χ4n) is 3.96. The molecule has 0 fully saturated rings. The molecule has 0 saturated carbocycles. The third-order valence-corrected chi connectivity index (χ3v) is 5.82. The lowest BCUT2D eigenvalue weighted by Crippen LogP contribution is -2.33. The molecule has 0 unspecified atom stereocenters. The third kappa shape index (κ3) is 4.72. The van der Waals surface area contributed by atoms with Crippen LogP contribution in [0.2, 0.25) is 0 Å². The van der Waals surface area contributed by atoms with Gasteiger partial charge in [-0.15, -0.1) is 0 Å². The van der Waals surface area contributed by atoms with Gasteiger partial charge in [0, 0.05) is 18.4 Å². The summed E-state index contributed by atoms with van der Waals surface area (Å²) in [6.45, 7) is 1.99. The van der Waals surface area contributed by atoms with Crippen molar-refractivity contribution in [1.29, 1.82) is 0 Å². The van der Waals surface area contributed by atoms with Gasteiger partial charge >= 0.3 is 0 Å². The van der Waals surface area contributed by atoms with Crippen molar-refractivity contribution in [2.75, 3.05) is 5.73 Å². The van der Waals surface area contributed by atoms with Crippen molar-refractivity contribution in [2.45, 2.75) is 25.8 Å². The van der Waals surface area contributed by atoms with Gasteiger partial charge in [-0.2, -0.15) is 9.78 Å². The van der Waals surface area contributed by atoms with Crippen LogP contribution in [-0.2, 0) is 6.42 Å². The molecule has 1 amide bonds. The Kier molecular flexibility index (Phi) is 6.17. The van der Waals surface area contributed by atoms with Crippen LogP contribution in [0.15, 0.2) is 84.2 Å². The molecule has 0 aliphatic heterocycles. The number of carbonyl (C=O) groups is 1. The summed E-state index contributed by atoms with van der Waals surface area (Å²) < 4.78 is 1.47. The first-order valence-corrected chi connectivity index (χ1v) is 11.5. The van der Waals surface area contributed by atoms with Gasteiger partial charge in [0.25, 0.3) is 5.91 Å². The van der Waals surface area contributed by atoms with Crippen molar-refractivity contribution in [3.05, 3.63) is 95.8 Å². The molecule has 35 heavy (non-hydrogen) atoms. The number of pyridine rings is 1. The van der Waals surface area contributed by atoms with Crippen LogP contribution in [0, 0.1) is 0 Å². The molecule has 2 aromatic carbocycles. The Morgan fingerprint density at radius 1 is 1.03 bits per heavy atom. The number of amides is 1. The molecule has 3 N–H and O–H groups in total. The van der Waals surface area contributed by atoms with Crippen LogP contribution in [0.5, 0.6) is 0 Å². The Labute approximate surface area is 202 Å². The standard InChI is InChI=1S/C27H25N7O/c1-18(11-12-19-7-3-2-4-8-19)31-27(35)23-24-26(33-22-10-6-5-9-21(22)32-24)34(25(23)28)30-17-20-13-15-29-16-14-20/h2-10,13-18H,11-12,28H2,1H3,(H,31,35)/b30-17-/t18-/m1/s1. The summed E-state index contributed by atoms with van der Waals surface area (Å²) >= 11 is 0. The number of aromatic nitrogens is 4. The first kappa shape index (κ1) is 22.2. The van der Waals surface area contributed by atoms with E-state index in [4.69, 9.17) is 15.7 Å². The fourth-order valence-corrected chi connectivity index (χ4v) is 3.96. The number of nitrogens with zero attached hydrogens (tertiary/aromatic N) is 5. The molecule has 3 heterocycles. The van der Waals surface area contributed by atoms with Gasteiger partial charge in [0.1, 0.15) is 16.9 Å². The first-order chi connectivity index (χ1) is 17.1. The minimum Gasteiger partial charge on any atom is -0.383 e. The molecule has 0 spiro atoms. The molecular formula is C27H25N7O. The number of nitrogen functional groups attached to an aromatic ring is 1. The number of nitrogens with two attached hydrogens (primary N) is 1. The lowest BCUT2D eigenvalue weighted by molar-refractivity contribution is 0.0940. The van der Waals surface area contributed by atoms with Crippen molar-refractivity contribution in [1.82, 2.24) is 24.9 Å². The highest BCUT2D eigenvalue weighted by atomic mass is 16.1. The van der Waals surface area contributed by atoms with Crippen LogP contribution >= 0.6 is 0 Å². The Hall–Kier alpha value is -4.59.